The Balaban J connectivity index is 1.95. The average molecular weight is 218 g/mol. The van der Waals surface area contributed by atoms with Crippen LogP contribution in [0.2, 0.25) is 25.2 Å². The largest absolute Gasteiger partial charge is 0.295 e. The quantitative estimate of drug-likeness (QED) is 0.488. The van der Waals surface area contributed by atoms with Crippen LogP contribution < -0.4 is 0 Å². The zero-order chi connectivity index (χ0) is 10.8. The van der Waals surface area contributed by atoms with Gasteiger partial charge in [-0.1, -0.05) is 37.4 Å². The van der Waals surface area contributed by atoms with Gasteiger partial charge in [-0.05, 0) is 18.8 Å². The maximum absolute atomic E-state index is 12.4. The third-order valence-corrected chi connectivity index (χ3v) is 6.86. The number of hydrogen-bond acceptors (Lipinski definition) is 1. The molecule has 0 spiro atoms. The summed E-state index contributed by atoms with van der Waals surface area (Å²) in [6.45, 7) is 6.98. The molecule has 3 aliphatic rings. The van der Waals surface area contributed by atoms with Crippen LogP contribution in [0.1, 0.15) is 12.8 Å². The van der Waals surface area contributed by atoms with E-state index in [1.807, 2.05) is 0 Å². The summed E-state index contributed by atoms with van der Waals surface area (Å²) in [5.74, 6) is 1.65. The van der Waals surface area contributed by atoms with Crippen molar-refractivity contribution in [3.63, 3.8) is 0 Å². The molecule has 0 saturated heterocycles. The van der Waals surface area contributed by atoms with Gasteiger partial charge in [0.2, 0.25) is 0 Å². The van der Waals surface area contributed by atoms with Crippen LogP contribution in [0, 0.1) is 11.8 Å². The maximum atomic E-state index is 12.4. The van der Waals surface area contributed by atoms with Gasteiger partial charge in [0.15, 0.2) is 5.78 Å². The second kappa shape index (κ2) is 2.73. The molecule has 0 amide bonds. The first-order chi connectivity index (χ1) is 6.98. The molecule has 0 N–H and O–H groups in total. The van der Waals surface area contributed by atoms with Gasteiger partial charge in [0.25, 0.3) is 0 Å². The number of rotatable bonds is 1. The van der Waals surface area contributed by atoms with Crippen LogP contribution >= 0.6 is 0 Å². The monoisotopic (exact) mass is 218 g/mol. The van der Waals surface area contributed by atoms with Gasteiger partial charge in [-0.3, -0.25) is 4.79 Å². The smallest absolute Gasteiger partial charge is 0.160 e. The Labute approximate surface area is 92.3 Å². The molecule has 0 saturated carbocycles. The van der Waals surface area contributed by atoms with Gasteiger partial charge in [0.05, 0.1) is 8.07 Å². The Hall–Kier alpha value is -0.633. The van der Waals surface area contributed by atoms with E-state index in [0.717, 1.165) is 6.42 Å². The minimum Gasteiger partial charge on any atom is -0.295 e. The molecule has 0 fully saturated rings. The first-order valence-corrected chi connectivity index (χ1v) is 9.51. The summed E-state index contributed by atoms with van der Waals surface area (Å²) in [5, 5.41) is 0. The molecule has 0 heterocycles. The van der Waals surface area contributed by atoms with E-state index < -0.39 is 8.07 Å². The molecule has 3 unspecified atom stereocenters. The second-order valence-electron chi connectivity index (χ2n) is 6.26. The van der Waals surface area contributed by atoms with Gasteiger partial charge in [-0.2, -0.15) is 0 Å². The van der Waals surface area contributed by atoms with Crippen LogP contribution in [-0.2, 0) is 4.79 Å². The summed E-state index contributed by atoms with van der Waals surface area (Å²) >= 11 is 0. The van der Waals surface area contributed by atoms with Crippen LogP contribution in [-0.4, -0.2) is 13.9 Å². The fourth-order valence-electron chi connectivity index (χ4n) is 3.41. The molecular formula is C13H18OSi. The van der Waals surface area contributed by atoms with Crippen molar-refractivity contribution in [1.82, 2.24) is 0 Å². The van der Waals surface area contributed by atoms with E-state index in [9.17, 15) is 4.79 Å². The van der Waals surface area contributed by atoms with Gasteiger partial charge >= 0.3 is 0 Å². The molecule has 0 aliphatic heterocycles. The molecular weight excluding hydrogens is 200 g/mol. The zero-order valence-corrected chi connectivity index (χ0v) is 10.7. The van der Waals surface area contributed by atoms with Gasteiger partial charge in [0.1, 0.15) is 0 Å². The van der Waals surface area contributed by atoms with Crippen molar-refractivity contribution in [3.8, 4) is 0 Å². The van der Waals surface area contributed by atoms with Crippen LogP contribution in [0.4, 0.5) is 0 Å². The third kappa shape index (κ3) is 1.17. The van der Waals surface area contributed by atoms with Crippen molar-refractivity contribution in [1.29, 1.82) is 0 Å². The minimum atomic E-state index is -1.30. The van der Waals surface area contributed by atoms with Gasteiger partial charge in [-0.25, -0.2) is 0 Å². The summed E-state index contributed by atoms with van der Waals surface area (Å²) in [7, 11) is -1.30. The van der Waals surface area contributed by atoms with Crippen LogP contribution in [0.15, 0.2) is 23.3 Å². The number of carbonyl (C=O) groups is 1. The fourth-order valence-corrected chi connectivity index (χ4v) is 5.19. The Kier molecular flexibility index (Phi) is 1.74. The molecule has 3 aliphatic carbocycles. The SMILES string of the molecule is C[Si](C)(C)C1CC2=C(C1=O)C1C=CC2C1. The molecule has 15 heavy (non-hydrogen) atoms. The van der Waals surface area contributed by atoms with Gasteiger partial charge < -0.3 is 0 Å². The lowest BCUT2D eigenvalue weighted by Gasteiger charge is -2.25. The van der Waals surface area contributed by atoms with Crippen molar-refractivity contribution in [3.05, 3.63) is 23.3 Å². The van der Waals surface area contributed by atoms with Crippen LogP contribution in [0.5, 0.6) is 0 Å². The van der Waals surface area contributed by atoms with E-state index in [2.05, 4.69) is 31.8 Å². The highest BCUT2D eigenvalue weighted by molar-refractivity contribution is 6.81. The van der Waals surface area contributed by atoms with Crippen molar-refractivity contribution < 1.29 is 4.79 Å². The highest BCUT2D eigenvalue weighted by Crippen LogP contribution is 2.54. The van der Waals surface area contributed by atoms with E-state index in [1.165, 1.54) is 17.6 Å². The molecule has 0 radical (unpaired) electrons. The molecule has 0 aromatic rings. The van der Waals surface area contributed by atoms with Gasteiger partial charge in [-0.15, -0.1) is 0 Å². The molecule has 80 valence electrons. The molecule has 3 rings (SSSR count). The average Bonchev–Trinajstić information content (AvgIpc) is 2.73. The van der Waals surface area contributed by atoms with E-state index >= 15 is 0 Å². The predicted octanol–water partition coefficient (Wildman–Crippen LogP) is 3.17. The first kappa shape index (κ1) is 9.58. The highest BCUT2D eigenvalue weighted by Gasteiger charge is 2.49. The molecule has 0 aromatic carbocycles. The fraction of sp³-hybridized carbons (Fsp3) is 0.615. The summed E-state index contributed by atoms with van der Waals surface area (Å²) in [6, 6.07) is 0. The molecule has 1 nitrogen and oxygen atoms in total. The Bertz CT molecular complexity index is 397. The van der Waals surface area contributed by atoms with Crippen LogP contribution in [0.25, 0.3) is 0 Å². The topological polar surface area (TPSA) is 17.1 Å². The third-order valence-electron chi connectivity index (χ3n) is 4.30. The number of allylic oxidation sites excluding steroid dienone is 4. The normalized spacial score (nSPS) is 38.1. The standard InChI is InChI=1S/C13H18OSi/c1-15(2,3)11-7-10-8-4-5-9(6-8)12(10)13(11)14/h4-5,8-9,11H,6-7H2,1-3H3. The first-order valence-electron chi connectivity index (χ1n) is 5.94. The van der Waals surface area contributed by atoms with Gasteiger partial charge in [0, 0.05) is 17.0 Å². The highest BCUT2D eigenvalue weighted by atomic mass is 28.3. The summed E-state index contributed by atoms with van der Waals surface area (Å²) in [4.78, 5) is 12.4. The number of carbonyl (C=O) groups excluding carboxylic acids is 1. The van der Waals surface area contributed by atoms with Crippen molar-refractivity contribution in [2.45, 2.75) is 38.0 Å². The van der Waals surface area contributed by atoms with Crippen LogP contribution in [0.3, 0.4) is 0 Å². The summed E-state index contributed by atoms with van der Waals surface area (Å²) in [6.07, 6.45) is 6.88. The van der Waals surface area contributed by atoms with E-state index in [1.54, 1.807) is 0 Å². The van der Waals surface area contributed by atoms with Crippen molar-refractivity contribution >= 4 is 13.9 Å². The Morgan fingerprint density at radius 2 is 1.87 bits per heavy atom. The summed E-state index contributed by atoms with van der Waals surface area (Å²) in [5.41, 5.74) is 3.13. The van der Waals surface area contributed by atoms with E-state index in [4.69, 9.17) is 0 Å². The zero-order valence-electron chi connectivity index (χ0n) is 9.71. The maximum Gasteiger partial charge on any atom is 0.160 e. The lowest BCUT2D eigenvalue weighted by Crippen LogP contribution is -2.32. The lowest BCUT2D eigenvalue weighted by molar-refractivity contribution is -0.115. The Morgan fingerprint density at radius 3 is 2.47 bits per heavy atom. The molecule has 0 aromatic heterocycles. The molecule has 3 atom stereocenters. The van der Waals surface area contributed by atoms with Crippen molar-refractivity contribution in [2.75, 3.05) is 0 Å². The molecule has 2 heteroatoms. The predicted molar refractivity (Wildman–Crippen MR) is 64.5 cm³/mol. The lowest BCUT2D eigenvalue weighted by atomic mass is 10.00. The minimum absolute atomic E-state index is 0.382. The second-order valence-corrected chi connectivity index (χ2v) is 11.7. The number of fused-ring (bicyclic) bond motifs is 4. The number of hydrogen-bond donors (Lipinski definition) is 0. The molecule has 2 bridgehead atoms. The summed E-state index contributed by atoms with van der Waals surface area (Å²) < 4.78 is 0. The van der Waals surface area contributed by atoms with Crippen molar-refractivity contribution in [2.24, 2.45) is 11.8 Å². The number of Topliss-reactive ketones (excluding diaryl/α,β-unsaturated/α-hetero) is 1. The van der Waals surface area contributed by atoms with E-state index in [-0.39, 0.29) is 0 Å². The Morgan fingerprint density at radius 1 is 1.20 bits per heavy atom. The number of ketones is 1. The van der Waals surface area contributed by atoms with E-state index in [0.29, 0.717) is 23.2 Å².